The summed E-state index contributed by atoms with van der Waals surface area (Å²) in [4.78, 5) is 5.52. The zero-order valence-electron chi connectivity index (χ0n) is 16.4. The molecular formula is C22H28N4S. The highest BCUT2D eigenvalue weighted by Gasteiger charge is 2.19. The van der Waals surface area contributed by atoms with Crippen molar-refractivity contribution in [2.24, 2.45) is 0 Å². The number of hydrogen-bond acceptors (Lipinski definition) is 2. The molecule has 2 aromatic carbocycles. The molecule has 0 aliphatic rings. The molecule has 27 heavy (non-hydrogen) atoms. The van der Waals surface area contributed by atoms with E-state index >= 15 is 0 Å². The van der Waals surface area contributed by atoms with Crippen molar-refractivity contribution in [2.75, 3.05) is 25.5 Å². The summed E-state index contributed by atoms with van der Waals surface area (Å²) in [5, 5.41) is 8.61. The summed E-state index contributed by atoms with van der Waals surface area (Å²) in [7, 11) is 4.12. The number of para-hydroxylation sites is 1. The average molecular weight is 381 g/mol. The number of fused-ring (bicyclic) bond motifs is 1. The van der Waals surface area contributed by atoms with Crippen LogP contribution in [0, 0.1) is 0 Å². The van der Waals surface area contributed by atoms with Crippen LogP contribution in [0.25, 0.3) is 10.9 Å². The van der Waals surface area contributed by atoms with Gasteiger partial charge in [0.05, 0.1) is 0 Å². The SMILES string of the molecule is CC(C)NC(=S)NC[C@H](c1ccc(N(C)C)cc1)c1c[nH]c2ccccc12. The summed E-state index contributed by atoms with van der Waals surface area (Å²) in [6.07, 6.45) is 2.12. The molecule has 3 aromatic rings. The van der Waals surface area contributed by atoms with Gasteiger partial charge in [0.1, 0.15) is 0 Å². The van der Waals surface area contributed by atoms with Crippen LogP contribution >= 0.6 is 12.2 Å². The topological polar surface area (TPSA) is 43.1 Å². The third-order valence-corrected chi connectivity index (χ3v) is 4.96. The first-order valence-electron chi connectivity index (χ1n) is 9.33. The summed E-state index contributed by atoms with van der Waals surface area (Å²) in [6.45, 7) is 4.91. The van der Waals surface area contributed by atoms with E-state index in [1.807, 2.05) is 0 Å². The van der Waals surface area contributed by atoms with Crippen molar-refractivity contribution < 1.29 is 0 Å². The lowest BCUT2D eigenvalue weighted by molar-refractivity contribution is 0.693. The van der Waals surface area contributed by atoms with Gasteiger partial charge in [-0.05, 0) is 55.4 Å². The molecule has 0 saturated heterocycles. The van der Waals surface area contributed by atoms with E-state index in [4.69, 9.17) is 12.2 Å². The van der Waals surface area contributed by atoms with E-state index < -0.39 is 0 Å². The average Bonchev–Trinajstić information content (AvgIpc) is 3.06. The fourth-order valence-corrected chi connectivity index (χ4v) is 3.62. The van der Waals surface area contributed by atoms with Gasteiger partial charge >= 0.3 is 0 Å². The number of thiocarbonyl (C=S) groups is 1. The van der Waals surface area contributed by atoms with Gasteiger partial charge in [0.25, 0.3) is 0 Å². The van der Waals surface area contributed by atoms with Crippen LogP contribution in [-0.2, 0) is 0 Å². The van der Waals surface area contributed by atoms with Crippen molar-refractivity contribution >= 4 is 33.9 Å². The molecular weight excluding hydrogens is 352 g/mol. The maximum absolute atomic E-state index is 5.44. The molecule has 0 unspecified atom stereocenters. The summed E-state index contributed by atoms with van der Waals surface area (Å²) in [6, 6.07) is 17.5. The molecule has 0 saturated carbocycles. The molecule has 3 rings (SSSR count). The predicted octanol–water partition coefficient (Wildman–Crippen LogP) is 4.24. The van der Waals surface area contributed by atoms with E-state index in [9.17, 15) is 0 Å². The van der Waals surface area contributed by atoms with Gasteiger partial charge in [-0.25, -0.2) is 0 Å². The summed E-state index contributed by atoms with van der Waals surface area (Å²) in [5.74, 6) is 0.198. The highest BCUT2D eigenvalue weighted by atomic mass is 32.1. The fraction of sp³-hybridized carbons (Fsp3) is 0.318. The van der Waals surface area contributed by atoms with Crippen molar-refractivity contribution in [3.63, 3.8) is 0 Å². The molecule has 3 N–H and O–H groups in total. The van der Waals surface area contributed by atoms with Crippen LogP contribution in [0.5, 0.6) is 0 Å². The molecule has 0 aliphatic heterocycles. The second-order valence-corrected chi connectivity index (χ2v) is 7.75. The Morgan fingerprint density at radius 1 is 1.07 bits per heavy atom. The minimum atomic E-state index is 0.198. The second-order valence-electron chi connectivity index (χ2n) is 7.34. The number of aromatic amines is 1. The van der Waals surface area contributed by atoms with Gasteiger partial charge in [0.15, 0.2) is 5.11 Å². The first kappa shape index (κ1) is 19.2. The van der Waals surface area contributed by atoms with Crippen molar-refractivity contribution in [1.82, 2.24) is 15.6 Å². The quantitative estimate of drug-likeness (QED) is 0.560. The zero-order valence-corrected chi connectivity index (χ0v) is 17.2. The molecule has 0 radical (unpaired) electrons. The number of aromatic nitrogens is 1. The monoisotopic (exact) mass is 380 g/mol. The number of rotatable bonds is 6. The fourth-order valence-electron chi connectivity index (χ4n) is 3.30. The maximum Gasteiger partial charge on any atom is 0.166 e. The Kier molecular flexibility index (Phi) is 6.01. The number of nitrogens with zero attached hydrogens (tertiary/aromatic N) is 1. The van der Waals surface area contributed by atoms with E-state index in [0.717, 1.165) is 12.1 Å². The lowest BCUT2D eigenvalue weighted by Gasteiger charge is -2.21. The van der Waals surface area contributed by atoms with Gasteiger partial charge in [-0.1, -0.05) is 30.3 Å². The maximum atomic E-state index is 5.44. The molecule has 1 heterocycles. The van der Waals surface area contributed by atoms with Crippen LogP contribution in [0.4, 0.5) is 5.69 Å². The van der Waals surface area contributed by atoms with Gasteiger partial charge in [-0.2, -0.15) is 0 Å². The number of anilines is 1. The molecule has 5 heteroatoms. The van der Waals surface area contributed by atoms with E-state index in [1.165, 1.54) is 22.2 Å². The van der Waals surface area contributed by atoms with Gasteiger partial charge in [0.2, 0.25) is 0 Å². The standard InChI is InChI=1S/C22H28N4S/c1-15(2)25-22(27)24-13-19(16-9-11-17(12-10-16)26(3)4)20-14-23-21-8-6-5-7-18(20)21/h5-12,14-15,19,23H,13H2,1-4H3,(H2,24,25,27)/t19-/m1/s1. The van der Waals surface area contributed by atoms with Crippen LogP contribution in [0.1, 0.15) is 30.9 Å². The van der Waals surface area contributed by atoms with Gasteiger partial charge in [0, 0.05) is 55.4 Å². The summed E-state index contributed by atoms with van der Waals surface area (Å²) >= 11 is 5.44. The lowest BCUT2D eigenvalue weighted by atomic mass is 9.90. The minimum Gasteiger partial charge on any atom is -0.378 e. The highest BCUT2D eigenvalue weighted by Crippen LogP contribution is 2.31. The number of H-pyrrole nitrogens is 1. The number of benzene rings is 2. The normalized spacial score (nSPS) is 12.2. The van der Waals surface area contributed by atoms with Crippen LogP contribution in [-0.4, -0.2) is 36.8 Å². The van der Waals surface area contributed by atoms with Crippen molar-refractivity contribution in [2.45, 2.75) is 25.8 Å². The first-order valence-corrected chi connectivity index (χ1v) is 9.74. The Bertz CT molecular complexity index is 896. The van der Waals surface area contributed by atoms with E-state index in [-0.39, 0.29) is 5.92 Å². The van der Waals surface area contributed by atoms with Gasteiger partial charge < -0.3 is 20.5 Å². The zero-order chi connectivity index (χ0) is 19.4. The largest absolute Gasteiger partial charge is 0.378 e. The third-order valence-electron chi connectivity index (χ3n) is 4.70. The Labute approximate surface area is 167 Å². The Hall–Kier alpha value is -2.53. The van der Waals surface area contributed by atoms with E-state index in [1.54, 1.807) is 0 Å². The van der Waals surface area contributed by atoms with Crippen LogP contribution in [0.3, 0.4) is 0 Å². The Morgan fingerprint density at radius 2 is 1.78 bits per heavy atom. The van der Waals surface area contributed by atoms with Crippen molar-refractivity contribution in [1.29, 1.82) is 0 Å². The molecule has 1 atom stereocenters. The van der Waals surface area contributed by atoms with E-state index in [0.29, 0.717) is 11.2 Å². The third kappa shape index (κ3) is 4.61. The Balaban J connectivity index is 1.92. The highest BCUT2D eigenvalue weighted by molar-refractivity contribution is 7.80. The number of nitrogens with one attached hydrogen (secondary N) is 3. The first-order chi connectivity index (χ1) is 13.0. The summed E-state index contributed by atoms with van der Waals surface area (Å²) in [5.41, 5.74) is 4.90. The van der Waals surface area contributed by atoms with Crippen molar-refractivity contribution in [3.8, 4) is 0 Å². The van der Waals surface area contributed by atoms with Crippen LogP contribution in [0.15, 0.2) is 54.7 Å². The molecule has 0 spiro atoms. The van der Waals surface area contributed by atoms with Crippen LogP contribution < -0.4 is 15.5 Å². The molecule has 0 aliphatic carbocycles. The van der Waals surface area contributed by atoms with Gasteiger partial charge in [-0.15, -0.1) is 0 Å². The van der Waals surface area contributed by atoms with Crippen molar-refractivity contribution in [3.05, 3.63) is 65.9 Å². The predicted molar refractivity (Wildman–Crippen MR) is 120 cm³/mol. The van der Waals surface area contributed by atoms with Gasteiger partial charge in [-0.3, -0.25) is 0 Å². The van der Waals surface area contributed by atoms with Crippen LogP contribution in [0.2, 0.25) is 0 Å². The molecule has 1 aromatic heterocycles. The molecule has 142 valence electrons. The molecule has 4 nitrogen and oxygen atoms in total. The Morgan fingerprint density at radius 3 is 2.44 bits per heavy atom. The number of hydrogen-bond donors (Lipinski definition) is 3. The summed E-state index contributed by atoms with van der Waals surface area (Å²) < 4.78 is 0. The van der Waals surface area contributed by atoms with E-state index in [2.05, 4.69) is 103 Å². The molecule has 0 amide bonds. The molecule has 0 bridgehead atoms. The second kappa shape index (κ2) is 8.44. The lowest BCUT2D eigenvalue weighted by Crippen LogP contribution is -2.41. The molecule has 0 fully saturated rings. The minimum absolute atomic E-state index is 0.198. The smallest absolute Gasteiger partial charge is 0.166 e.